The Bertz CT molecular complexity index is 1340. The second kappa shape index (κ2) is 15.0. The molecular formula is C37H38Br2N2NiO2. The summed E-state index contributed by atoms with van der Waals surface area (Å²) in [4.78, 5) is 10.5. The van der Waals surface area contributed by atoms with Crippen LogP contribution in [0.4, 0.5) is 0 Å². The van der Waals surface area contributed by atoms with E-state index in [1.165, 1.54) is 0 Å². The summed E-state index contributed by atoms with van der Waals surface area (Å²) in [6.45, 7) is 8.87. The van der Waals surface area contributed by atoms with E-state index in [0.29, 0.717) is 18.2 Å². The van der Waals surface area contributed by atoms with Crippen LogP contribution in [0.25, 0.3) is 0 Å². The van der Waals surface area contributed by atoms with E-state index in [0.717, 1.165) is 22.3 Å². The van der Waals surface area contributed by atoms with E-state index in [2.05, 4.69) is 125 Å². The normalized spacial score (nSPS) is 19.4. The predicted molar refractivity (Wildman–Crippen MR) is 166 cm³/mol. The molecule has 0 saturated carbocycles. The van der Waals surface area contributed by atoms with Crippen LogP contribution in [0.1, 0.15) is 56.4 Å². The minimum atomic E-state index is -0.724. The molecule has 2 atom stereocenters. The third kappa shape index (κ3) is 6.34. The molecule has 2 heterocycles. The molecule has 0 unspecified atom stereocenters. The van der Waals surface area contributed by atoms with Gasteiger partial charge < -0.3 is 43.4 Å². The number of halogens is 2. The fourth-order valence-corrected chi connectivity index (χ4v) is 6.56. The molecular weight excluding hydrogens is 723 g/mol. The van der Waals surface area contributed by atoms with Gasteiger partial charge in [0.15, 0.2) is 23.0 Å². The Morgan fingerprint density at radius 1 is 0.500 bits per heavy atom. The van der Waals surface area contributed by atoms with Gasteiger partial charge in [-0.2, -0.15) is 0 Å². The summed E-state index contributed by atoms with van der Waals surface area (Å²) in [6.07, 6.45) is 0.398. The summed E-state index contributed by atoms with van der Waals surface area (Å²) in [7, 11) is 0. The molecule has 7 heteroatoms. The van der Waals surface area contributed by atoms with Gasteiger partial charge in [0, 0.05) is 22.3 Å². The molecule has 0 bridgehead atoms. The number of hydrogen-bond donors (Lipinski definition) is 0. The first-order valence-corrected chi connectivity index (χ1v) is 14.7. The molecule has 0 spiro atoms. The van der Waals surface area contributed by atoms with Crippen LogP contribution in [-0.4, -0.2) is 23.9 Å². The Morgan fingerprint density at radius 2 is 0.750 bits per heavy atom. The van der Waals surface area contributed by atoms with Gasteiger partial charge in [-0.25, -0.2) is 9.98 Å². The van der Waals surface area contributed by atoms with Gasteiger partial charge >= 0.3 is 16.5 Å². The van der Waals surface area contributed by atoms with Crippen molar-refractivity contribution < 1.29 is 59.9 Å². The van der Waals surface area contributed by atoms with Gasteiger partial charge in [0.2, 0.25) is 0 Å². The zero-order valence-electron chi connectivity index (χ0n) is 25.3. The first-order chi connectivity index (χ1) is 19.9. The maximum atomic E-state index is 7.02. The molecule has 4 nitrogen and oxygen atoms in total. The number of rotatable bonds is 8. The van der Waals surface area contributed by atoms with Gasteiger partial charge in [-0.3, -0.25) is 0 Å². The van der Waals surface area contributed by atoms with Crippen molar-refractivity contribution in [1.29, 1.82) is 0 Å². The molecule has 4 aromatic carbocycles. The van der Waals surface area contributed by atoms with Crippen LogP contribution in [0.5, 0.6) is 0 Å². The van der Waals surface area contributed by atoms with Crippen LogP contribution in [0.15, 0.2) is 131 Å². The van der Waals surface area contributed by atoms with Gasteiger partial charge in [0.1, 0.15) is 12.1 Å². The minimum absolute atomic E-state index is 0. The van der Waals surface area contributed by atoms with E-state index >= 15 is 0 Å². The van der Waals surface area contributed by atoms with Crippen molar-refractivity contribution in [2.24, 2.45) is 21.8 Å². The van der Waals surface area contributed by atoms with Crippen LogP contribution in [0.2, 0.25) is 0 Å². The van der Waals surface area contributed by atoms with Crippen molar-refractivity contribution >= 4 is 11.8 Å². The number of benzene rings is 4. The maximum Gasteiger partial charge on any atom is 2.00 e. The zero-order chi connectivity index (χ0) is 28.5. The van der Waals surface area contributed by atoms with Crippen LogP contribution in [-0.2, 0) is 37.2 Å². The molecule has 44 heavy (non-hydrogen) atoms. The van der Waals surface area contributed by atoms with E-state index in [9.17, 15) is 0 Å². The topological polar surface area (TPSA) is 43.2 Å². The number of nitrogens with zero attached hydrogens (tertiary/aromatic N) is 2. The summed E-state index contributed by atoms with van der Waals surface area (Å²) in [5.74, 6) is 1.81. The molecule has 0 aliphatic carbocycles. The molecule has 0 amide bonds. The van der Waals surface area contributed by atoms with Crippen molar-refractivity contribution in [3.63, 3.8) is 0 Å². The third-order valence-electron chi connectivity index (χ3n) is 8.33. The Kier molecular flexibility index (Phi) is 12.2. The summed E-state index contributed by atoms with van der Waals surface area (Å²) >= 11 is 0. The second-order valence-electron chi connectivity index (χ2n) is 11.7. The number of hydrogen-bond acceptors (Lipinski definition) is 4. The van der Waals surface area contributed by atoms with E-state index in [1.54, 1.807) is 0 Å². The third-order valence-corrected chi connectivity index (χ3v) is 8.33. The van der Waals surface area contributed by atoms with E-state index in [4.69, 9.17) is 19.5 Å². The predicted octanol–water partition coefficient (Wildman–Crippen LogP) is 2.18. The zero-order valence-corrected chi connectivity index (χ0v) is 29.5. The first kappa shape index (κ1) is 35.7. The van der Waals surface area contributed by atoms with Crippen LogP contribution in [0.3, 0.4) is 0 Å². The molecule has 2 aliphatic heterocycles. The average Bonchev–Trinajstić information content (AvgIpc) is 3.60. The molecule has 0 radical (unpaired) electrons. The molecule has 0 fully saturated rings. The summed E-state index contributed by atoms with van der Waals surface area (Å²) < 4.78 is 14.0. The van der Waals surface area contributed by atoms with E-state index in [-0.39, 0.29) is 74.4 Å². The van der Waals surface area contributed by atoms with Gasteiger partial charge in [-0.1, -0.05) is 149 Å². The van der Waals surface area contributed by atoms with Gasteiger partial charge in [-0.15, -0.1) is 0 Å². The Labute approximate surface area is 292 Å². The fraction of sp³-hybridized carbons (Fsp3) is 0.297. The largest absolute Gasteiger partial charge is 2.00 e. The van der Waals surface area contributed by atoms with E-state index < -0.39 is 11.2 Å². The maximum absolute atomic E-state index is 7.02. The quantitative estimate of drug-likeness (QED) is 0.259. The molecule has 0 N–H and O–H groups in total. The smallest absolute Gasteiger partial charge is 1.00 e. The van der Waals surface area contributed by atoms with Crippen LogP contribution >= 0.6 is 0 Å². The average molecular weight is 761 g/mol. The first-order valence-electron chi connectivity index (χ1n) is 14.7. The SMILES string of the molecule is CC(C)[C@H]1N=C(CC2=N[C@H](C(C)C)C(c3ccccc3)(c3ccccc3)O2)OC1(c1ccccc1)c1ccccc1.[Br-].[Br-].[Ni+2]. The van der Waals surface area contributed by atoms with Crippen LogP contribution < -0.4 is 34.0 Å². The Morgan fingerprint density at radius 3 is 0.977 bits per heavy atom. The summed E-state index contributed by atoms with van der Waals surface area (Å²) in [5.41, 5.74) is 2.94. The molecule has 2 aliphatic rings. The minimum Gasteiger partial charge on any atom is -1.00 e. The number of ether oxygens (including phenoxy) is 2. The summed E-state index contributed by atoms with van der Waals surface area (Å²) in [6, 6.07) is 41.8. The van der Waals surface area contributed by atoms with Crippen molar-refractivity contribution in [1.82, 2.24) is 0 Å². The Hall–Kier alpha value is -2.73. The second-order valence-corrected chi connectivity index (χ2v) is 11.7. The fourth-order valence-electron chi connectivity index (χ4n) is 6.56. The molecule has 6 rings (SSSR count). The van der Waals surface area contributed by atoms with Crippen LogP contribution in [0, 0.1) is 11.8 Å². The van der Waals surface area contributed by atoms with Crippen molar-refractivity contribution in [2.45, 2.75) is 57.4 Å². The standard InChI is InChI=1S/C37H38N2O2.2BrH.Ni/c1-26(2)34-36(28-17-9-5-10-18-28,29-19-11-6-12-20-29)40-32(38-34)25-33-39-35(27(3)4)37(41-33,30-21-13-7-14-22-30)31-23-15-8-16-24-31;;;/h5-24,26-27,34-35H,25H2,1-4H3;2*1H;/q;;;+2/p-2/t34-,35-;;;/m1.../s1. The van der Waals surface area contributed by atoms with Crippen molar-refractivity contribution in [3.8, 4) is 0 Å². The van der Waals surface area contributed by atoms with Gasteiger partial charge in [0.05, 0.1) is 6.42 Å². The van der Waals surface area contributed by atoms with Crippen molar-refractivity contribution in [3.05, 3.63) is 144 Å². The van der Waals surface area contributed by atoms with Gasteiger partial charge in [0.25, 0.3) is 0 Å². The summed E-state index contributed by atoms with van der Waals surface area (Å²) in [5, 5.41) is 0. The molecule has 4 aromatic rings. The number of aliphatic imine (C=N–C) groups is 2. The van der Waals surface area contributed by atoms with Gasteiger partial charge in [-0.05, 0) is 11.8 Å². The van der Waals surface area contributed by atoms with Crippen molar-refractivity contribution in [2.75, 3.05) is 0 Å². The molecule has 0 aromatic heterocycles. The Balaban J connectivity index is 0.00000176. The molecule has 0 saturated heterocycles. The van der Waals surface area contributed by atoms with E-state index in [1.807, 2.05) is 24.3 Å². The monoisotopic (exact) mass is 758 g/mol. The molecule has 232 valence electrons.